The minimum atomic E-state index is -0.614. The highest BCUT2D eigenvalue weighted by Gasteiger charge is 2.22. The quantitative estimate of drug-likeness (QED) is 0.481. The lowest BCUT2D eigenvalue weighted by Crippen LogP contribution is -2.38. The van der Waals surface area contributed by atoms with Gasteiger partial charge in [0.25, 0.3) is 0 Å². The first-order chi connectivity index (χ1) is 5.24. The van der Waals surface area contributed by atoms with Gasteiger partial charge in [-0.05, 0) is 13.8 Å². The molecule has 0 saturated heterocycles. The molecule has 0 bridgehead atoms. The number of hydroxylamine groups is 2. The van der Waals surface area contributed by atoms with Gasteiger partial charge in [-0.1, -0.05) is 0 Å². The zero-order valence-electron chi connectivity index (χ0n) is 7.75. The number of carbonyl (C=O) groups excluding carboxylic acids is 2. The van der Waals surface area contributed by atoms with Crippen LogP contribution in [0.4, 0.5) is 0 Å². The fourth-order valence-corrected chi connectivity index (χ4v) is 0.691. The molecule has 12 heavy (non-hydrogen) atoms. The lowest BCUT2D eigenvalue weighted by Gasteiger charge is -2.25. The van der Waals surface area contributed by atoms with Crippen molar-refractivity contribution in [3.05, 3.63) is 0 Å². The highest BCUT2D eigenvalue weighted by molar-refractivity contribution is 7.18. The fraction of sp³-hybridized carbons (Fsp3) is 0.714. The minimum Gasteiger partial charge on any atom is -0.272 e. The Kier molecular flexibility index (Phi) is 3.81. The van der Waals surface area contributed by atoms with Crippen molar-refractivity contribution in [1.29, 1.82) is 0 Å². The Labute approximate surface area is 74.4 Å². The molecule has 0 spiro atoms. The maximum atomic E-state index is 10.8. The first kappa shape index (κ1) is 11.5. The number of hydrogen-bond donors (Lipinski definition) is 0. The molecule has 0 rings (SSSR count). The Bertz CT molecular complexity index is 183. The monoisotopic (exact) mass is 191 g/mol. The molecule has 5 heteroatoms. The zero-order chi connectivity index (χ0) is 9.94. The van der Waals surface area contributed by atoms with Gasteiger partial charge in [-0.15, -0.1) is 9.24 Å². The van der Waals surface area contributed by atoms with Gasteiger partial charge in [-0.3, -0.25) is 14.4 Å². The molecule has 0 radical (unpaired) electrons. The number of hydrogen-bond acceptors (Lipinski definition) is 3. The van der Waals surface area contributed by atoms with Crippen LogP contribution in [0.1, 0.15) is 27.7 Å². The van der Waals surface area contributed by atoms with E-state index < -0.39 is 17.2 Å². The summed E-state index contributed by atoms with van der Waals surface area (Å²) in [6.45, 7) is 6.02. The molecule has 0 aromatic heterocycles. The van der Waals surface area contributed by atoms with Crippen LogP contribution in [0, 0.1) is 0 Å². The molecule has 0 heterocycles. The molecular weight excluding hydrogens is 177 g/mol. The second kappa shape index (κ2) is 3.97. The Morgan fingerprint density at radius 2 is 1.58 bits per heavy atom. The van der Waals surface area contributed by atoms with Crippen LogP contribution in [0.3, 0.4) is 0 Å². The summed E-state index contributed by atoms with van der Waals surface area (Å²) in [5, 5.41) is 0.129. The van der Waals surface area contributed by atoms with E-state index in [1.807, 2.05) is 0 Å². The minimum absolute atomic E-state index is 0.418. The Balaban J connectivity index is 4.35. The summed E-state index contributed by atoms with van der Waals surface area (Å²) < 4.78 is 0. The molecule has 1 atom stereocenters. The van der Waals surface area contributed by atoms with Gasteiger partial charge in [0.2, 0.25) is 11.8 Å². The normalized spacial score (nSPS) is 11.1. The molecule has 0 fully saturated rings. The van der Waals surface area contributed by atoms with Crippen LogP contribution in [-0.4, -0.2) is 22.2 Å². The van der Waals surface area contributed by atoms with Crippen LogP contribution in [0.2, 0.25) is 0 Å². The van der Waals surface area contributed by atoms with E-state index >= 15 is 0 Å². The highest BCUT2D eigenvalue weighted by atomic mass is 31.0. The lowest BCUT2D eigenvalue weighted by atomic mass is 10.5. The van der Waals surface area contributed by atoms with Crippen molar-refractivity contribution < 1.29 is 14.4 Å². The zero-order valence-corrected chi connectivity index (χ0v) is 8.90. The van der Waals surface area contributed by atoms with Crippen LogP contribution in [0.25, 0.3) is 0 Å². The predicted octanol–water partition coefficient (Wildman–Crippen LogP) is 0.924. The van der Waals surface area contributed by atoms with Crippen molar-refractivity contribution in [2.75, 3.05) is 0 Å². The Morgan fingerprint density at radius 1 is 1.25 bits per heavy atom. The molecule has 4 nitrogen and oxygen atoms in total. The molecule has 1 unspecified atom stereocenters. The fourth-order valence-electron chi connectivity index (χ4n) is 0.586. The maximum absolute atomic E-state index is 10.8. The standard InChI is InChI=1S/C7H14NO3P/c1-5(9)8(6(2)10)11-7(3,4)12/h12H2,1-4H3. The summed E-state index contributed by atoms with van der Waals surface area (Å²) in [5.74, 6) is -0.837. The Hall–Kier alpha value is -0.470. The predicted molar refractivity (Wildman–Crippen MR) is 48.1 cm³/mol. The van der Waals surface area contributed by atoms with Gasteiger partial charge in [0.05, 0.1) is 0 Å². The van der Waals surface area contributed by atoms with E-state index in [2.05, 4.69) is 9.24 Å². The van der Waals surface area contributed by atoms with Gasteiger partial charge in [0.15, 0.2) is 0 Å². The van der Waals surface area contributed by atoms with Gasteiger partial charge in [-0.25, -0.2) is 0 Å². The summed E-state index contributed by atoms with van der Waals surface area (Å²) >= 11 is 0. The molecule has 0 aliphatic rings. The summed E-state index contributed by atoms with van der Waals surface area (Å²) in [7, 11) is 2.38. The molecule has 0 aromatic rings. The molecule has 0 saturated carbocycles. The number of nitrogens with zero attached hydrogens (tertiary/aromatic N) is 1. The van der Waals surface area contributed by atoms with Crippen molar-refractivity contribution in [3.8, 4) is 0 Å². The largest absolute Gasteiger partial charge is 0.272 e. The van der Waals surface area contributed by atoms with Crippen molar-refractivity contribution in [2.45, 2.75) is 33.0 Å². The molecule has 0 N–H and O–H groups in total. The van der Waals surface area contributed by atoms with Gasteiger partial charge in [0.1, 0.15) is 5.34 Å². The van der Waals surface area contributed by atoms with E-state index in [1.54, 1.807) is 13.8 Å². The van der Waals surface area contributed by atoms with Crippen LogP contribution in [-0.2, 0) is 14.4 Å². The topological polar surface area (TPSA) is 46.6 Å². The second-order valence-corrected chi connectivity index (χ2v) is 4.42. The van der Waals surface area contributed by atoms with Crippen LogP contribution in [0.5, 0.6) is 0 Å². The number of rotatable bonds is 2. The summed E-state index contributed by atoms with van der Waals surface area (Å²) in [5.41, 5.74) is 0. The van der Waals surface area contributed by atoms with Gasteiger partial charge < -0.3 is 0 Å². The molecular formula is C7H14NO3P. The summed E-state index contributed by atoms with van der Waals surface area (Å²) in [6.07, 6.45) is 0. The first-order valence-corrected chi connectivity index (χ1v) is 4.11. The van der Waals surface area contributed by atoms with E-state index in [-0.39, 0.29) is 0 Å². The van der Waals surface area contributed by atoms with Gasteiger partial charge >= 0.3 is 0 Å². The van der Waals surface area contributed by atoms with E-state index in [0.717, 1.165) is 5.06 Å². The van der Waals surface area contributed by atoms with E-state index in [4.69, 9.17) is 4.84 Å². The third-order valence-corrected chi connectivity index (χ3v) is 1.00. The van der Waals surface area contributed by atoms with Crippen LogP contribution >= 0.6 is 9.24 Å². The van der Waals surface area contributed by atoms with Crippen molar-refractivity contribution in [3.63, 3.8) is 0 Å². The average Bonchev–Trinajstić information content (AvgIpc) is 1.79. The molecule has 0 aromatic carbocycles. The number of amides is 2. The molecule has 0 aliphatic carbocycles. The van der Waals surface area contributed by atoms with E-state index in [9.17, 15) is 9.59 Å². The van der Waals surface area contributed by atoms with Crippen molar-refractivity contribution >= 4 is 21.1 Å². The lowest BCUT2D eigenvalue weighted by molar-refractivity contribution is -0.209. The van der Waals surface area contributed by atoms with Gasteiger partial charge in [0, 0.05) is 13.8 Å². The first-order valence-electron chi connectivity index (χ1n) is 3.53. The summed E-state index contributed by atoms with van der Waals surface area (Å²) in [6, 6.07) is 0. The highest BCUT2D eigenvalue weighted by Crippen LogP contribution is 2.19. The van der Waals surface area contributed by atoms with Gasteiger partial charge in [-0.2, -0.15) is 5.06 Å². The molecule has 70 valence electrons. The smallest absolute Gasteiger partial charge is 0.250 e. The molecule has 2 amide bonds. The number of carbonyl (C=O) groups is 2. The van der Waals surface area contributed by atoms with Crippen LogP contribution in [0.15, 0.2) is 0 Å². The van der Waals surface area contributed by atoms with E-state index in [0.29, 0.717) is 0 Å². The Morgan fingerprint density at radius 3 is 1.67 bits per heavy atom. The summed E-state index contributed by atoms with van der Waals surface area (Å²) in [4.78, 5) is 26.7. The van der Waals surface area contributed by atoms with E-state index in [1.165, 1.54) is 13.8 Å². The van der Waals surface area contributed by atoms with Crippen molar-refractivity contribution in [2.24, 2.45) is 0 Å². The SMILES string of the molecule is CC(=O)N(OC(C)(C)P)C(C)=O. The van der Waals surface area contributed by atoms with Crippen molar-refractivity contribution in [1.82, 2.24) is 5.06 Å². The third-order valence-electron chi connectivity index (χ3n) is 0.899. The number of imide groups is 1. The average molecular weight is 191 g/mol. The van der Waals surface area contributed by atoms with Crippen LogP contribution < -0.4 is 0 Å². The third kappa shape index (κ3) is 4.42. The maximum Gasteiger partial charge on any atom is 0.250 e. The molecule has 0 aliphatic heterocycles. The second-order valence-electron chi connectivity index (χ2n) is 3.03.